The zero-order valence-corrected chi connectivity index (χ0v) is 21.4. The number of hydrogen-bond donors (Lipinski definition) is 0. The molecule has 0 radical (unpaired) electrons. The molecule has 0 saturated carbocycles. The van der Waals surface area contributed by atoms with Gasteiger partial charge in [-0.25, -0.2) is 19.2 Å². The summed E-state index contributed by atoms with van der Waals surface area (Å²) in [6, 6.07) is 13.8. The van der Waals surface area contributed by atoms with Gasteiger partial charge >= 0.3 is 5.97 Å². The quantitative estimate of drug-likeness (QED) is 0.324. The Bertz CT molecular complexity index is 1480. The number of pyridine rings is 1. The maximum atomic E-state index is 14.2. The van der Waals surface area contributed by atoms with Gasteiger partial charge in [0.1, 0.15) is 33.5 Å². The molecular formula is C27H26FN5O3S. The number of ether oxygens (including phenoxy) is 2. The van der Waals surface area contributed by atoms with Crippen molar-refractivity contribution in [1.82, 2.24) is 19.4 Å². The van der Waals surface area contributed by atoms with Crippen LogP contribution >= 0.6 is 11.3 Å². The first-order valence-corrected chi connectivity index (χ1v) is 12.8. The van der Waals surface area contributed by atoms with Crippen LogP contribution in [-0.4, -0.2) is 45.6 Å². The first kappa shape index (κ1) is 24.9. The van der Waals surface area contributed by atoms with E-state index in [9.17, 15) is 9.18 Å². The van der Waals surface area contributed by atoms with E-state index in [4.69, 9.17) is 19.7 Å². The molecule has 190 valence electrons. The Morgan fingerprint density at radius 3 is 2.73 bits per heavy atom. The van der Waals surface area contributed by atoms with E-state index in [0.29, 0.717) is 22.2 Å². The summed E-state index contributed by atoms with van der Waals surface area (Å²) in [4.78, 5) is 25.1. The molecule has 4 heterocycles. The molecule has 0 aliphatic carbocycles. The maximum absolute atomic E-state index is 14.2. The van der Waals surface area contributed by atoms with Gasteiger partial charge in [-0.3, -0.25) is 4.90 Å². The third-order valence-electron chi connectivity index (χ3n) is 6.70. The lowest BCUT2D eigenvalue weighted by atomic mass is 9.93. The topological polar surface area (TPSA) is 93.3 Å². The number of aromatic nitrogens is 3. The Morgan fingerprint density at radius 1 is 1.22 bits per heavy atom. The normalized spacial score (nSPS) is 14.5. The van der Waals surface area contributed by atoms with Gasteiger partial charge in [-0.1, -0.05) is 12.1 Å². The number of methoxy groups -OCH3 is 1. The van der Waals surface area contributed by atoms with E-state index in [1.807, 2.05) is 25.2 Å². The van der Waals surface area contributed by atoms with Gasteiger partial charge in [-0.05, 0) is 50.2 Å². The number of nitriles is 1. The van der Waals surface area contributed by atoms with Gasteiger partial charge in [-0.15, -0.1) is 11.3 Å². The highest BCUT2D eigenvalue weighted by Crippen LogP contribution is 2.30. The number of imidazole rings is 1. The molecule has 0 unspecified atom stereocenters. The molecule has 0 bridgehead atoms. The molecule has 1 aromatic carbocycles. The predicted molar refractivity (Wildman–Crippen MR) is 137 cm³/mol. The second kappa shape index (κ2) is 10.7. The van der Waals surface area contributed by atoms with Crippen molar-refractivity contribution in [3.05, 3.63) is 75.8 Å². The van der Waals surface area contributed by atoms with Crippen molar-refractivity contribution >= 4 is 27.7 Å². The number of nitrogens with zero attached hydrogens (tertiary/aromatic N) is 5. The van der Waals surface area contributed by atoms with Gasteiger partial charge in [0.2, 0.25) is 5.88 Å². The van der Waals surface area contributed by atoms with Crippen LogP contribution in [-0.2, 0) is 24.9 Å². The van der Waals surface area contributed by atoms with Crippen molar-refractivity contribution in [3.8, 4) is 11.9 Å². The summed E-state index contributed by atoms with van der Waals surface area (Å²) in [5.41, 5.74) is 2.46. The molecule has 4 aromatic rings. The monoisotopic (exact) mass is 519 g/mol. The highest BCUT2D eigenvalue weighted by Gasteiger charge is 2.24. The molecule has 0 spiro atoms. The lowest BCUT2D eigenvalue weighted by Crippen LogP contribution is -2.33. The van der Waals surface area contributed by atoms with Crippen LogP contribution in [0.25, 0.3) is 10.3 Å². The number of carbonyl (C=O) groups excluding carboxylic acids is 1. The maximum Gasteiger partial charge on any atom is 0.348 e. The third-order valence-corrected chi connectivity index (χ3v) is 7.88. The summed E-state index contributed by atoms with van der Waals surface area (Å²) in [6.07, 6.45) is 1.93. The minimum Gasteiger partial charge on any atom is -0.473 e. The summed E-state index contributed by atoms with van der Waals surface area (Å²) in [6.45, 7) is 2.63. The second-order valence-electron chi connectivity index (χ2n) is 9.04. The van der Waals surface area contributed by atoms with E-state index in [0.717, 1.165) is 54.3 Å². The number of likely N-dealkylation sites (tertiary alicyclic amines) is 1. The Labute approximate surface area is 217 Å². The number of aryl methyl sites for hydroxylation is 1. The Balaban J connectivity index is 1.17. The number of esters is 1. The number of carbonyl (C=O) groups is 1. The van der Waals surface area contributed by atoms with Crippen molar-refractivity contribution in [3.63, 3.8) is 0 Å². The predicted octanol–water partition coefficient (Wildman–Crippen LogP) is 4.79. The number of fused-ring (bicyclic) bond motifs is 1. The first-order chi connectivity index (χ1) is 17.9. The Morgan fingerprint density at radius 2 is 2.03 bits per heavy atom. The Hall–Kier alpha value is -3.81. The zero-order valence-electron chi connectivity index (χ0n) is 20.6. The number of halogens is 1. The fourth-order valence-corrected chi connectivity index (χ4v) is 5.57. The van der Waals surface area contributed by atoms with E-state index < -0.39 is 5.82 Å². The number of hydrogen-bond acceptors (Lipinski definition) is 8. The smallest absolute Gasteiger partial charge is 0.348 e. The molecule has 10 heteroatoms. The number of benzene rings is 1. The summed E-state index contributed by atoms with van der Waals surface area (Å²) in [5.74, 6) is 0.955. The summed E-state index contributed by atoms with van der Waals surface area (Å²) in [5, 5.41) is 8.89. The molecule has 37 heavy (non-hydrogen) atoms. The van der Waals surface area contributed by atoms with Crippen molar-refractivity contribution < 1.29 is 18.7 Å². The van der Waals surface area contributed by atoms with Crippen molar-refractivity contribution in [2.75, 3.05) is 20.2 Å². The molecule has 3 aromatic heterocycles. The third kappa shape index (κ3) is 5.33. The van der Waals surface area contributed by atoms with Gasteiger partial charge < -0.3 is 14.0 Å². The summed E-state index contributed by atoms with van der Waals surface area (Å²) in [7, 11) is 3.36. The number of thiophene rings is 1. The van der Waals surface area contributed by atoms with E-state index >= 15 is 0 Å². The standard InChI is InChI=1S/C27H26FN5O3S/c1-32-24(30-22-13-23(27(34)35-2)37-26(22)32)15-33-10-8-18(9-11-33)21-4-3-5-25(31-21)36-16-19-7-6-17(14-29)12-20(19)28/h3-7,12-13,18H,8-11,15-16H2,1-2H3. The van der Waals surface area contributed by atoms with Gasteiger partial charge in [-0.2, -0.15) is 5.26 Å². The molecule has 0 amide bonds. The average Bonchev–Trinajstić information content (AvgIpc) is 3.47. The van der Waals surface area contributed by atoms with Crippen LogP contribution in [0.3, 0.4) is 0 Å². The summed E-state index contributed by atoms with van der Waals surface area (Å²) < 4.78 is 26.8. The number of rotatable bonds is 7. The molecule has 0 N–H and O–H groups in total. The SMILES string of the molecule is COC(=O)c1cc2nc(CN3CCC(c4cccc(OCc5ccc(C#N)cc5F)n4)CC3)n(C)c2s1. The largest absolute Gasteiger partial charge is 0.473 e. The van der Waals surface area contributed by atoms with Crippen LogP contribution < -0.4 is 4.74 Å². The van der Waals surface area contributed by atoms with Crippen LogP contribution in [0.4, 0.5) is 4.39 Å². The van der Waals surface area contributed by atoms with E-state index in [1.165, 1.54) is 24.5 Å². The number of piperidine rings is 1. The lowest BCUT2D eigenvalue weighted by Gasteiger charge is -2.31. The molecule has 1 fully saturated rings. The highest BCUT2D eigenvalue weighted by molar-refractivity contribution is 7.20. The molecule has 1 saturated heterocycles. The van der Waals surface area contributed by atoms with Crippen molar-refractivity contribution in [2.45, 2.75) is 31.9 Å². The van der Waals surface area contributed by atoms with E-state index in [1.54, 1.807) is 24.3 Å². The molecule has 5 rings (SSSR count). The van der Waals surface area contributed by atoms with Crippen LogP contribution in [0, 0.1) is 17.1 Å². The lowest BCUT2D eigenvalue weighted by molar-refractivity contribution is 0.0606. The van der Waals surface area contributed by atoms with Crippen LogP contribution in [0.2, 0.25) is 0 Å². The fraction of sp³-hybridized carbons (Fsp3) is 0.333. The van der Waals surface area contributed by atoms with E-state index in [2.05, 4.69) is 14.5 Å². The fourth-order valence-electron chi connectivity index (χ4n) is 4.58. The second-order valence-corrected chi connectivity index (χ2v) is 10.1. The van der Waals surface area contributed by atoms with Crippen LogP contribution in [0.5, 0.6) is 5.88 Å². The minimum atomic E-state index is -0.459. The van der Waals surface area contributed by atoms with Crippen molar-refractivity contribution in [1.29, 1.82) is 5.26 Å². The Kier molecular flexibility index (Phi) is 7.17. The van der Waals surface area contributed by atoms with Gasteiger partial charge in [0.25, 0.3) is 0 Å². The molecular weight excluding hydrogens is 493 g/mol. The highest BCUT2D eigenvalue weighted by atomic mass is 32.1. The van der Waals surface area contributed by atoms with E-state index in [-0.39, 0.29) is 18.1 Å². The van der Waals surface area contributed by atoms with Crippen LogP contribution in [0.1, 0.15) is 51.1 Å². The average molecular weight is 520 g/mol. The first-order valence-electron chi connectivity index (χ1n) is 12.0. The zero-order chi connectivity index (χ0) is 25.9. The molecule has 1 aliphatic rings. The van der Waals surface area contributed by atoms with Gasteiger partial charge in [0, 0.05) is 30.3 Å². The summed E-state index contributed by atoms with van der Waals surface area (Å²) >= 11 is 1.40. The van der Waals surface area contributed by atoms with Crippen LogP contribution in [0.15, 0.2) is 42.5 Å². The molecule has 1 aliphatic heterocycles. The van der Waals surface area contributed by atoms with Gasteiger partial charge in [0.15, 0.2) is 0 Å². The van der Waals surface area contributed by atoms with Gasteiger partial charge in [0.05, 0.1) is 25.3 Å². The molecule has 8 nitrogen and oxygen atoms in total. The molecule has 0 atom stereocenters. The minimum absolute atomic E-state index is 0.0503. The van der Waals surface area contributed by atoms with Crippen molar-refractivity contribution in [2.24, 2.45) is 7.05 Å².